The highest BCUT2D eigenvalue weighted by Gasteiger charge is 2.03. The Balaban J connectivity index is 1.74. The molecule has 2 rings (SSSR count). The number of nitrogens with one attached hydrogen (secondary N) is 1. The number of anilines is 2. The first-order valence-corrected chi connectivity index (χ1v) is 5.77. The van der Waals surface area contributed by atoms with Gasteiger partial charge in [-0.1, -0.05) is 0 Å². The normalized spacial score (nSPS) is 9.89. The third-order valence-electron chi connectivity index (χ3n) is 2.32. The van der Waals surface area contributed by atoms with Gasteiger partial charge in [-0.05, 0) is 24.3 Å². The predicted octanol–water partition coefficient (Wildman–Crippen LogP) is 1.47. The van der Waals surface area contributed by atoms with Gasteiger partial charge in [0.2, 0.25) is 5.91 Å². The molecule has 0 atom stereocenters. The summed E-state index contributed by atoms with van der Waals surface area (Å²) in [6.07, 6.45) is 4.72. The van der Waals surface area contributed by atoms with E-state index in [4.69, 9.17) is 10.5 Å². The van der Waals surface area contributed by atoms with E-state index in [0.717, 1.165) is 0 Å². The van der Waals surface area contributed by atoms with Gasteiger partial charge in [0.05, 0.1) is 31.1 Å². The van der Waals surface area contributed by atoms with E-state index in [-0.39, 0.29) is 12.3 Å². The van der Waals surface area contributed by atoms with Crippen LogP contribution in [0.2, 0.25) is 0 Å². The Hall–Kier alpha value is -2.63. The molecule has 3 N–H and O–H groups in total. The van der Waals surface area contributed by atoms with Crippen LogP contribution in [0, 0.1) is 0 Å². The van der Waals surface area contributed by atoms with Gasteiger partial charge in [0, 0.05) is 5.69 Å². The van der Waals surface area contributed by atoms with Gasteiger partial charge < -0.3 is 15.8 Å². The standard InChI is InChI=1S/C13H14N4O2/c14-10-1-3-12(4-2-10)19-6-5-13(18)17-11-7-15-9-16-8-11/h1-4,7-9H,5-6,14H2,(H,17,18). The van der Waals surface area contributed by atoms with Gasteiger partial charge in [0.25, 0.3) is 0 Å². The highest BCUT2D eigenvalue weighted by Crippen LogP contribution is 2.13. The fourth-order valence-electron chi connectivity index (χ4n) is 1.41. The molecule has 0 aliphatic rings. The summed E-state index contributed by atoms with van der Waals surface area (Å²) in [7, 11) is 0. The van der Waals surface area contributed by atoms with Crippen molar-refractivity contribution >= 4 is 17.3 Å². The van der Waals surface area contributed by atoms with Gasteiger partial charge in [-0.3, -0.25) is 4.79 Å². The summed E-state index contributed by atoms with van der Waals surface area (Å²) in [5.41, 5.74) is 6.80. The van der Waals surface area contributed by atoms with Crippen molar-refractivity contribution in [3.63, 3.8) is 0 Å². The topological polar surface area (TPSA) is 90.1 Å². The fraction of sp³-hybridized carbons (Fsp3) is 0.154. The number of amides is 1. The lowest BCUT2D eigenvalue weighted by Gasteiger charge is -2.07. The van der Waals surface area contributed by atoms with E-state index in [1.165, 1.54) is 18.7 Å². The molecule has 0 fully saturated rings. The minimum absolute atomic E-state index is 0.148. The van der Waals surface area contributed by atoms with Crippen molar-refractivity contribution in [3.8, 4) is 5.75 Å². The van der Waals surface area contributed by atoms with E-state index in [1.54, 1.807) is 24.3 Å². The van der Waals surface area contributed by atoms with Crippen molar-refractivity contribution in [2.45, 2.75) is 6.42 Å². The van der Waals surface area contributed by atoms with Gasteiger partial charge in [0.1, 0.15) is 12.1 Å². The number of nitrogens with two attached hydrogens (primary N) is 1. The zero-order valence-electron chi connectivity index (χ0n) is 10.2. The molecule has 1 amide bonds. The summed E-state index contributed by atoms with van der Waals surface area (Å²) in [5, 5.41) is 2.67. The van der Waals surface area contributed by atoms with Crippen LogP contribution in [-0.4, -0.2) is 22.5 Å². The zero-order valence-corrected chi connectivity index (χ0v) is 10.2. The maximum Gasteiger partial charge on any atom is 0.227 e. The fourth-order valence-corrected chi connectivity index (χ4v) is 1.41. The first-order chi connectivity index (χ1) is 9.24. The Morgan fingerprint density at radius 2 is 1.89 bits per heavy atom. The number of carbonyl (C=O) groups excluding carboxylic acids is 1. The Morgan fingerprint density at radius 1 is 1.21 bits per heavy atom. The number of hydrogen-bond donors (Lipinski definition) is 2. The molecule has 0 saturated heterocycles. The van der Waals surface area contributed by atoms with E-state index < -0.39 is 0 Å². The van der Waals surface area contributed by atoms with Crippen LogP contribution in [0.5, 0.6) is 5.75 Å². The summed E-state index contributed by atoms with van der Waals surface area (Å²) >= 11 is 0. The summed E-state index contributed by atoms with van der Waals surface area (Å²) in [4.78, 5) is 19.2. The Bertz CT molecular complexity index is 528. The summed E-state index contributed by atoms with van der Waals surface area (Å²) in [6.45, 7) is 0.295. The molecule has 1 aromatic heterocycles. The van der Waals surface area contributed by atoms with Gasteiger partial charge in [-0.15, -0.1) is 0 Å². The van der Waals surface area contributed by atoms with Crippen LogP contribution < -0.4 is 15.8 Å². The first kappa shape index (κ1) is 12.8. The maximum atomic E-state index is 11.6. The van der Waals surface area contributed by atoms with Crippen LogP contribution >= 0.6 is 0 Å². The SMILES string of the molecule is Nc1ccc(OCCC(=O)Nc2cncnc2)cc1. The van der Waals surface area contributed by atoms with Crippen molar-refractivity contribution in [2.75, 3.05) is 17.7 Å². The Kier molecular flexibility index (Phi) is 4.28. The van der Waals surface area contributed by atoms with E-state index >= 15 is 0 Å². The number of rotatable bonds is 5. The molecule has 19 heavy (non-hydrogen) atoms. The minimum atomic E-state index is -0.148. The summed E-state index contributed by atoms with van der Waals surface area (Å²) in [6, 6.07) is 7.02. The molecule has 0 saturated carbocycles. The molecule has 0 unspecified atom stereocenters. The molecule has 0 bridgehead atoms. The molecule has 2 aromatic rings. The Labute approximate surface area is 110 Å². The second-order valence-electron chi connectivity index (χ2n) is 3.84. The van der Waals surface area contributed by atoms with Gasteiger partial charge in [-0.25, -0.2) is 9.97 Å². The molecule has 0 aliphatic heterocycles. The number of nitrogen functional groups attached to an aromatic ring is 1. The van der Waals surface area contributed by atoms with Crippen molar-refractivity contribution in [3.05, 3.63) is 43.0 Å². The number of ether oxygens (including phenoxy) is 1. The molecule has 0 aliphatic carbocycles. The molecule has 98 valence electrons. The number of nitrogens with zero attached hydrogens (tertiary/aromatic N) is 2. The van der Waals surface area contributed by atoms with Crippen LogP contribution in [0.1, 0.15) is 6.42 Å². The van der Waals surface area contributed by atoms with Gasteiger partial charge in [-0.2, -0.15) is 0 Å². The molecule has 6 heteroatoms. The number of benzene rings is 1. The van der Waals surface area contributed by atoms with Crippen molar-refractivity contribution in [1.82, 2.24) is 9.97 Å². The molecule has 6 nitrogen and oxygen atoms in total. The smallest absolute Gasteiger partial charge is 0.227 e. The van der Waals surface area contributed by atoms with Crippen LogP contribution in [0.15, 0.2) is 43.0 Å². The molecule has 1 aromatic carbocycles. The van der Waals surface area contributed by atoms with Crippen LogP contribution in [0.3, 0.4) is 0 Å². The van der Waals surface area contributed by atoms with E-state index in [2.05, 4.69) is 15.3 Å². The van der Waals surface area contributed by atoms with Crippen LogP contribution in [-0.2, 0) is 4.79 Å². The van der Waals surface area contributed by atoms with Crippen LogP contribution in [0.4, 0.5) is 11.4 Å². The first-order valence-electron chi connectivity index (χ1n) is 5.77. The third kappa shape index (κ3) is 4.27. The van der Waals surface area contributed by atoms with E-state index in [0.29, 0.717) is 23.7 Å². The van der Waals surface area contributed by atoms with E-state index in [9.17, 15) is 4.79 Å². The van der Waals surface area contributed by atoms with Crippen molar-refractivity contribution in [1.29, 1.82) is 0 Å². The summed E-state index contributed by atoms with van der Waals surface area (Å²) in [5.74, 6) is 0.537. The molecular formula is C13H14N4O2. The number of aromatic nitrogens is 2. The van der Waals surface area contributed by atoms with E-state index in [1.807, 2.05) is 0 Å². The largest absolute Gasteiger partial charge is 0.493 e. The molecule has 0 radical (unpaired) electrons. The summed E-state index contributed by atoms with van der Waals surface area (Å²) < 4.78 is 5.42. The number of hydrogen-bond acceptors (Lipinski definition) is 5. The lowest BCUT2D eigenvalue weighted by molar-refractivity contribution is -0.116. The average Bonchev–Trinajstić information content (AvgIpc) is 2.42. The third-order valence-corrected chi connectivity index (χ3v) is 2.32. The van der Waals surface area contributed by atoms with Crippen LogP contribution in [0.25, 0.3) is 0 Å². The molecule has 0 spiro atoms. The average molecular weight is 258 g/mol. The monoisotopic (exact) mass is 258 g/mol. The highest BCUT2D eigenvalue weighted by molar-refractivity contribution is 5.90. The quantitative estimate of drug-likeness (QED) is 0.792. The zero-order chi connectivity index (χ0) is 13.5. The molecule has 1 heterocycles. The lowest BCUT2D eigenvalue weighted by atomic mass is 10.3. The lowest BCUT2D eigenvalue weighted by Crippen LogP contribution is -2.15. The maximum absolute atomic E-state index is 11.6. The second kappa shape index (κ2) is 6.34. The van der Waals surface area contributed by atoms with Crippen molar-refractivity contribution in [2.24, 2.45) is 0 Å². The highest BCUT2D eigenvalue weighted by atomic mass is 16.5. The number of carbonyl (C=O) groups is 1. The van der Waals surface area contributed by atoms with Crippen molar-refractivity contribution < 1.29 is 9.53 Å². The Morgan fingerprint density at radius 3 is 2.58 bits per heavy atom. The minimum Gasteiger partial charge on any atom is -0.493 e. The second-order valence-corrected chi connectivity index (χ2v) is 3.84. The predicted molar refractivity (Wildman–Crippen MR) is 71.6 cm³/mol. The van der Waals surface area contributed by atoms with Gasteiger partial charge in [0.15, 0.2) is 0 Å². The molecular weight excluding hydrogens is 244 g/mol. The van der Waals surface area contributed by atoms with Gasteiger partial charge >= 0.3 is 0 Å².